The summed E-state index contributed by atoms with van der Waals surface area (Å²) in [5.74, 6) is -0.220. The predicted octanol–water partition coefficient (Wildman–Crippen LogP) is 4.78. The van der Waals surface area contributed by atoms with Crippen LogP contribution in [-0.4, -0.2) is 0 Å². The van der Waals surface area contributed by atoms with Gasteiger partial charge < -0.3 is 5.73 Å². The van der Waals surface area contributed by atoms with Crippen LogP contribution in [0.5, 0.6) is 0 Å². The van der Waals surface area contributed by atoms with Crippen LogP contribution < -0.4 is 5.73 Å². The Morgan fingerprint density at radius 1 is 1.16 bits per heavy atom. The van der Waals surface area contributed by atoms with Gasteiger partial charge >= 0.3 is 0 Å². The molecule has 1 unspecified atom stereocenters. The van der Waals surface area contributed by atoms with Crippen molar-refractivity contribution in [3.63, 3.8) is 0 Å². The fraction of sp³-hybridized carbons (Fsp3) is 0.250. The minimum Gasteiger partial charge on any atom is -0.324 e. The fourth-order valence-electron chi connectivity index (χ4n) is 2.33. The van der Waals surface area contributed by atoms with Gasteiger partial charge in [-0.1, -0.05) is 29.8 Å². The first-order valence-corrected chi connectivity index (χ1v) is 6.60. The molecule has 0 bridgehead atoms. The van der Waals surface area contributed by atoms with E-state index in [1.54, 1.807) is 6.07 Å². The van der Waals surface area contributed by atoms with Crippen LogP contribution in [0.25, 0.3) is 11.1 Å². The minimum absolute atomic E-state index is 0.134. The fourth-order valence-corrected chi connectivity index (χ4v) is 2.69. The van der Waals surface area contributed by atoms with Gasteiger partial charge in [-0.25, -0.2) is 4.39 Å². The van der Waals surface area contributed by atoms with E-state index in [1.165, 1.54) is 6.07 Å². The smallest absolute Gasteiger partial charge is 0.131 e. The monoisotopic (exact) mass is 277 g/mol. The molecule has 0 saturated carbocycles. The van der Waals surface area contributed by atoms with Crippen molar-refractivity contribution in [2.75, 3.05) is 0 Å². The molecule has 1 atom stereocenters. The van der Waals surface area contributed by atoms with Gasteiger partial charge in [0.05, 0.1) is 0 Å². The van der Waals surface area contributed by atoms with Crippen LogP contribution in [0.2, 0.25) is 5.02 Å². The maximum absolute atomic E-state index is 14.1. The summed E-state index contributed by atoms with van der Waals surface area (Å²) in [6, 6.07) is 8.88. The average Bonchev–Trinajstić information content (AvgIpc) is 2.26. The molecule has 0 fully saturated rings. The van der Waals surface area contributed by atoms with Gasteiger partial charge in [0, 0.05) is 16.6 Å². The molecule has 0 spiro atoms. The second-order valence-electron chi connectivity index (χ2n) is 4.96. The topological polar surface area (TPSA) is 26.0 Å². The summed E-state index contributed by atoms with van der Waals surface area (Å²) in [6.07, 6.45) is 0. The molecule has 100 valence electrons. The van der Waals surface area contributed by atoms with E-state index in [0.717, 1.165) is 22.3 Å². The number of benzene rings is 2. The second kappa shape index (κ2) is 5.32. The number of rotatable bonds is 2. The first-order chi connectivity index (χ1) is 8.90. The third-order valence-corrected chi connectivity index (χ3v) is 3.54. The van der Waals surface area contributed by atoms with Crippen molar-refractivity contribution in [3.05, 3.63) is 57.9 Å². The van der Waals surface area contributed by atoms with Gasteiger partial charge in [0.1, 0.15) is 5.82 Å². The number of halogens is 2. The van der Waals surface area contributed by atoms with Crippen molar-refractivity contribution in [1.82, 2.24) is 0 Å². The van der Waals surface area contributed by atoms with E-state index in [9.17, 15) is 4.39 Å². The molecule has 0 aromatic heterocycles. The highest BCUT2D eigenvalue weighted by molar-refractivity contribution is 6.31. The molecule has 19 heavy (non-hydrogen) atoms. The Morgan fingerprint density at radius 2 is 1.84 bits per heavy atom. The van der Waals surface area contributed by atoms with Gasteiger partial charge in [-0.3, -0.25) is 0 Å². The van der Waals surface area contributed by atoms with E-state index in [-0.39, 0.29) is 11.9 Å². The lowest BCUT2D eigenvalue weighted by Gasteiger charge is -2.13. The van der Waals surface area contributed by atoms with E-state index >= 15 is 0 Å². The number of aryl methyl sites for hydroxylation is 2. The first kappa shape index (κ1) is 14.0. The van der Waals surface area contributed by atoms with Crippen LogP contribution in [0.15, 0.2) is 30.3 Å². The van der Waals surface area contributed by atoms with E-state index in [2.05, 4.69) is 0 Å². The summed E-state index contributed by atoms with van der Waals surface area (Å²) in [5.41, 5.74) is 9.90. The lowest BCUT2D eigenvalue weighted by molar-refractivity contribution is 0.629. The minimum atomic E-state index is -0.220. The summed E-state index contributed by atoms with van der Waals surface area (Å²) in [6.45, 7) is 5.66. The van der Waals surface area contributed by atoms with Gasteiger partial charge in [0.25, 0.3) is 0 Å². The molecule has 0 radical (unpaired) electrons. The van der Waals surface area contributed by atoms with Crippen LogP contribution in [-0.2, 0) is 0 Å². The maximum Gasteiger partial charge on any atom is 0.131 e. The molecular formula is C16H17ClFN. The molecule has 2 rings (SSSR count). The Balaban J connectivity index is 2.57. The summed E-state index contributed by atoms with van der Waals surface area (Å²) in [4.78, 5) is 0. The summed E-state index contributed by atoms with van der Waals surface area (Å²) in [5, 5.41) is 0.576. The molecule has 0 aliphatic rings. The third kappa shape index (κ3) is 2.80. The van der Waals surface area contributed by atoms with Crippen molar-refractivity contribution in [2.45, 2.75) is 26.8 Å². The SMILES string of the molecule is Cc1cc(C)c(-c2ccc(C(C)N)c(Cl)c2)c(F)c1. The molecule has 2 aromatic rings. The van der Waals surface area contributed by atoms with Crippen LogP contribution in [0, 0.1) is 19.7 Å². The molecule has 3 heteroatoms. The highest BCUT2D eigenvalue weighted by atomic mass is 35.5. The van der Waals surface area contributed by atoms with Gasteiger partial charge in [0.15, 0.2) is 0 Å². The molecule has 0 heterocycles. The highest BCUT2D eigenvalue weighted by Crippen LogP contribution is 2.32. The molecule has 0 saturated heterocycles. The predicted molar refractivity (Wildman–Crippen MR) is 78.9 cm³/mol. The Morgan fingerprint density at radius 3 is 2.37 bits per heavy atom. The largest absolute Gasteiger partial charge is 0.324 e. The number of nitrogens with two attached hydrogens (primary N) is 1. The molecular weight excluding hydrogens is 261 g/mol. The number of hydrogen-bond donors (Lipinski definition) is 1. The van der Waals surface area contributed by atoms with Crippen molar-refractivity contribution >= 4 is 11.6 Å². The lowest BCUT2D eigenvalue weighted by atomic mass is 9.96. The van der Waals surface area contributed by atoms with Gasteiger partial charge in [-0.05, 0) is 55.2 Å². The lowest BCUT2D eigenvalue weighted by Crippen LogP contribution is -2.05. The van der Waals surface area contributed by atoms with Crippen LogP contribution >= 0.6 is 11.6 Å². The van der Waals surface area contributed by atoms with Crippen LogP contribution in [0.3, 0.4) is 0 Å². The quantitative estimate of drug-likeness (QED) is 0.840. The zero-order chi connectivity index (χ0) is 14.2. The average molecular weight is 278 g/mol. The van der Waals surface area contributed by atoms with Crippen LogP contribution in [0.4, 0.5) is 4.39 Å². The Bertz CT molecular complexity index is 597. The molecule has 0 aliphatic carbocycles. The molecule has 0 amide bonds. The summed E-state index contributed by atoms with van der Waals surface area (Å²) < 4.78 is 14.1. The first-order valence-electron chi connectivity index (χ1n) is 6.22. The standard InChI is InChI=1S/C16H17ClFN/c1-9-6-10(2)16(15(18)7-9)12-4-5-13(11(3)19)14(17)8-12/h4-8,11H,19H2,1-3H3. The Labute approximate surface area is 118 Å². The van der Waals surface area contributed by atoms with E-state index < -0.39 is 0 Å². The Hall–Kier alpha value is -1.38. The maximum atomic E-state index is 14.1. The molecule has 2 N–H and O–H groups in total. The second-order valence-corrected chi connectivity index (χ2v) is 5.37. The van der Waals surface area contributed by atoms with Gasteiger partial charge in [-0.2, -0.15) is 0 Å². The van der Waals surface area contributed by atoms with E-state index in [1.807, 2.05) is 39.0 Å². The van der Waals surface area contributed by atoms with E-state index in [4.69, 9.17) is 17.3 Å². The summed E-state index contributed by atoms with van der Waals surface area (Å²) in [7, 11) is 0. The van der Waals surface area contributed by atoms with Crippen molar-refractivity contribution in [2.24, 2.45) is 5.73 Å². The molecule has 0 aliphatic heterocycles. The summed E-state index contributed by atoms with van der Waals surface area (Å²) >= 11 is 6.21. The van der Waals surface area contributed by atoms with Crippen LogP contribution in [0.1, 0.15) is 29.7 Å². The molecule has 1 nitrogen and oxygen atoms in total. The Kier molecular flexibility index (Phi) is 3.93. The molecule has 2 aromatic carbocycles. The van der Waals surface area contributed by atoms with Crippen molar-refractivity contribution < 1.29 is 4.39 Å². The third-order valence-electron chi connectivity index (χ3n) is 3.21. The zero-order valence-electron chi connectivity index (χ0n) is 11.3. The van der Waals surface area contributed by atoms with Crippen molar-refractivity contribution in [1.29, 1.82) is 0 Å². The van der Waals surface area contributed by atoms with Gasteiger partial charge in [0.2, 0.25) is 0 Å². The van der Waals surface area contributed by atoms with Gasteiger partial charge in [-0.15, -0.1) is 0 Å². The van der Waals surface area contributed by atoms with Crippen molar-refractivity contribution in [3.8, 4) is 11.1 Å². The normalized spacial score (nSPS) is 12.5. The van der Waals surface area contributed by atoms with E-state index in [0.29, 0.717) is 10.6 Å². The highest BCUT2D eigenvalue weighted by Gasteiger charge is 2.12. The number of hydrogen-bond acceptors (Lipinski definition) is 1. The zero-order valence-corrected chi connectivity index (χ0v) is 12.1.